The van der Waals surface area contributed by atoms with E-state index in [-0.39, 0.29) is 0 Å². The largest absolute Gasteiger partial charge is 0.378 e. The highest BCUT2D eigenvalue weighted by atomic mass is 16.5. The summed E-state index contributed by atoms with van der Waals surface area (Å²) >= 11 is 0. The molecule has 0 amide bonds. The first-order valence-corrected chi connectivity index (χ1v) is 7.00. The molecule has 1 atom stereocenters. The first-order chi connectivity index (χ1) is 8.36. The Morgan fingerprint density at radius 2 is 2.00 bits per heavy atom. The molecule has 1 aliphatic heterocycles. The van der Waals surface area contributed by atoms with Crippen LogP contribution in [0.1, 0.15) is 46.0 Å². The first kappa shape index (κ1) is 14.3. The smallest absolute Gasteiger partial charge is 0.191 e. The third-order valence-electron chi connectivity index (χ3n) is 2.92. The number of nitrogens with zero attached hydrogens (tertiary/aromatic N) is 1. The van der Waals surface area contributed by atoms with Crippen molar-refractivity contribution < 1.29 is 4.74 Å². The predicted octanol–water partition coefficient (Wildman–Crippen LogP) is 1.91. The third-order valence-corrected chi connectivity index (χ3v) is 2.92. The molecule has 0 spiro atoms. The number of guanidine groups is 1. The van der Waals surface area contributed by atoms with Crippen LogP contribution in [-0.2, 0) is 4.74 Å². The van der Waals surface area contributed by atoms with Gasteiger partial charge in [-0.1, -0.05) is 0 Å². The van der Waals surface area contributed by atoms with Crippen molar-refractivity contribution in [1.29, 1.82) is 0 Å². The van der Waals surface area contributed by atoms with Gasteiger partial charge in [0, 0.05) is 26.2 Å². The van der Waals surface area contributed by atoms with E-state index in [4.69, 9.17) is 4.74 Å². The summed E-state index contributed by atoms with van der Waals surface area (Å²) in [5, 5.41) is 6.46. The van der Waals surface area contributed by atoms with E-state index in [1.807, 2.05) is 0 Å². The molecule has 1 saturated heterocycles. The van der Waals surface area contributed by atoms with E-state index < -0.39 is 0 Å². The van der Waals surface area contributed by atoms with Gasteiger partial charge in [-0.3, -0.25) is 4.99 Å². The van der Waals surface area contributed by atoms with Gasteiger partial charge in [-0.2, -0.15) is 0 Å². The van der Waals surface area contributed by atoms with Gasteiger partial charge < -0.3 is 15.4 Å². The zero-order chi connectivity index (χ0) is 12.3. The molecule has 1 heterocycles. The lowest BCUT2D eigenvalue weighted by atomic mass is 10.1. The van der Waals surface area contributed by atoms with Crippen LogP contribution in [0, 0.1) is 0 Å². The second kappa shape index (κ2) is 9.28. The minimum atomic E-state index is 0.487. The van der Waals surface area contributed by atoms with Crippen LogP contribution >= 0.6 is 0 Å². The highest BCUT2D eigenvalue weighted by Gasteiger charge is 2.12. The van der Waals surface area contributed by atoms with E-state index in [0.717, 1.165) is 45.0 Å². The minimum Gasteiger partial charge on any atom is -0.378 e. The van der Waals surface area contributed by atoms with Crippen LogP contribution in [-0.4, -0.2) is 38.3 Å². The van der Waals surface area contributed by atoms with Crippen LogP contribution in [0.2, 0.25) is 0 Å². The maximum atomic E-state index is 5.70. The van der Waals surface area contributed by atoms with Crippen molar-refractivity contribution in [2.75, 3.05) is 26.2 Å². The third kappa shape index (κ3) is 6.51. The van der Waals surface area contributed by atoms with Crippen LogP contribution in [0.3, 0.4) is 0 Å². The maximum Gasteiger partial charge on any atom is 0.191 e. The molecule has 0 aliphatic carbocycles. The van der Waals surface area contributed by atoms with Crippen molar-refractivity contribution in [1.82, 2.24) is 10.6 Å². The van der Waals surface area contributed by atoms with E-state index in [1.54, 1.807) is 0 Å². The Kier molecular flexibility index (Phi) is 7.80. The molecular formula is C13H27N3O. The van der Waals surface area contributed by atoms with Crippen molar-refractivity contribution in [3.8, 4) is 0 Å². The Hall–Kier alpha value is -0.770. The molecule has 0 saturated carbocycles. The Labute approximate surface area is 105 Å². The van der Waals surface area contributed by atoms with Crippen LogP contribution in [0.5, 0.6) is 0 Å². The highest BCUT2D eigenvalue weighted by Crippen LogP contribution is 2.16. The van der Waals surface area contributed by atoms with Crippen LogP contribution < -0.4 is 10.6 Å². The molecule has 100 valence electrons. The summed E-state index contributed by atoms with van der Waals surface area (Å²) in [5.74, 6) is 0.930. The molecule has 0 radical (unpaired) electrons. The number of hydrogen-bond acceptors (Lipinski definition) is 2. The van der Waals surface area contributed by atoms with Gasteiger partial charge in [-0.15, -0.1) is 0 Å². The monoisotopic (exact) mass is 241 g/mol. The van der Waals surface area contributed by atoms with E-state index in [9.17, 15) is 0 Å². The number of hydrogen-bond donors (Lipinski definition) is 2. The van der Waals surface area contributed by atoms with Crippen molar-refractivity contribution in [2.24, 2.45) is 4.99 Å². The van der Waals surface area contributed by atoms with Gasteiger partial charge in [0.15, 0.2) is 5.96 Å². The zero-order valence-corrected chi connectivity index (χ0v) is 11.3. The molecule has 17 heavy (non-hydrogen) atoms. The lowest BCUT2D eigenvalue weighted by Crippen LogP contribution is -2.37. The minimum absolute atomic E-state index is 0.487. The number of aliphatic imine (C=N–C) groups is 1. The normalized spacial score (nSPS) is 19.8. The predicted molar refractivity (Wildman–Crippen MR) is 72.5 cm³/mol. The average molecular weight is 241 g/mol. The van der Waals surface area contributed by atoms with E-state index >= 15 is 0 Å². The van der Waals surface area contributed by atoms with Gasteiger partial charge in [0.1, 0.15) is 0 Å². The van der Waals surface area contributed by atoms with Gasteiger partial charge in [0.25, 0.3) is 0 Å². The number of rotatable bonds is 6. The Bertz CT molecular complexity index is 205. The highest BCUT2D eigenvalue weighted by molar-refractivity contribution is 5.79. The molecule has 1 rings (SSSR count). The zero-order valence-electron chi connectivity index (χ0n) is 11.3. The van der Waals surface area contributed by atoms with Crippen molar-refractivity contribution in [3.05, 3.63) is 0 Å². The molecule has 2 N–H and O–H groups in total. The van der Waals surface area contributed by atoms with Gasteiger partial charge >= 0.3 is 0 Å². The maximum absolute atomic E-state index is 5.70. The van der Waals surface area contributed by atoms with E-state index in [1.165, 1.54) is 19.3 Å². The lowest BCUT2D eigenvalue weighted by Gasteiger charge is -2.22. The van der Waals surface area contributed by atoms with Gasteiger partial charge in [-0.05, 0) is 46.0 Å². The SMILES string of the molecule is CCNC(=NCCCC1CCCCO1)NCC. The second-order valence-electron chi connectivity index (χ2n) is 4.42. The second-order valence-corrected chi connectivity index (χ2v) is 4.42. The van der Waals surface area contributed by atoms with Crippen molar-refractivity contribution in [2.45, 2.75) is 52.1 Å². The summed E-state index contributed by atoms with van der Waals surface area (Å²) in [6.07, 6.45) is 6.55. The van der Waals surface area contributed by atoms with Gasteiger partial charge in [0.05, 0.1) is 6.10 Å². The summed E-state index contributed by atoms with van der Waals surface area (Å²) in [4.78, 5) is 4.53. The average Bonchev–Trinajstić information content (AvgIpc) is 2.36. The van der Waals surface area contributed by atoms with Crippen molar-refractivity contribution in [3.63, 3.8) is 0 Å². The Balaban J connectivity index is 2.12. The van der Waals surface area contributed by atoms with E-state index in [0.29, 0.717) is 6.10 Å². The molecule has 0 aromatic carbocycles. The number of nitrogens with one attached hydrogen (secondary N) is 2. The Morgan fingerprint density at radius 3 is 2.59 bits per heavy atom. The standard InChI is InChI=1S/C13H27N3O/c1-3-14-13(15-4-2)16-10-7-9-12-8-5-6-11-17-12/h12H,3-11H2,1-2H3,(H2,14,15,16). The summed E-state index contributed by atoms with van der Waals surface area (Å²) < 4.78 is 5.70. The first-order valence-electron chi connectivity index (χ1n) is 7.00. The molecule has 0 aromatic rings. The lowest BCUT2D eigenvalue weighted by molar-refractivity contribution is 0.0105. The van der Waals surface area contributed by atoms with Crippen LogP contribution in [0.15, 0.2) is 4.99 Å². The molecule has 0 aromatic heterocycles. The van der Waals surface area contributed by atoms with Gasteiger partial charge in [0.2, 0.25) is 0 Å². The van der Waals surface area contributed by atoms with Crippen molar-refractivity contribution >= 4 is 5.96 Å². The quantitative estimate of drug-likeness (QED) is 0.424. The summed E-state index contributed by atoms with van der Waals surface area (Å²) in [6.45, 7) is 7.84. The topological polar surface area (TPSA) is 45.7 Å². The van der Waals surface area contributed by atoms with E-state index in [2.05, 4.69) is 29.5 Å². The fraction of sp³-hybridized carbons (Fsp3) is 0.923. The fourth-order valence-corrected chi connectivity index (χ4v) is 2.05. The molecule has 1 aliphatic rings. The molecule has 0 bridgehead atoms. The Morgan fingerprint density at radius 1 is 1.24 bits per heavy atom. The summed E-state index contributed by atoms with van der Waals surface area (Å²) in [5.41, 5.74) is 0. The van der Waals surface area contributed by atoms with Crippen LogP contribution in [0.4, 0.5) is 0 Å². The van der Waals surface area contributed by atoms with Crippen LogP contribution in [0.25, 0.3) is 0 Å². The molecule has 4 nitrogen and oxygen atoms in total. The fourth-order valence-electron chi connectivity index (χ4n) is 2.05. The summed E-state index contributed by atoms with van der Waals surface area (Å²) in [6, 6.07) is 0. The summed E-state index contributed by atoms with van der Waals surface area (Å²) in [7, 11) is 0. The molecule has 1 unspecified atom stereocenters. The molecule has 1 fully saturated rings. The molecule has 4 heteroatoms. The number of ether oxygens (including phenoxy) is 1. The molecular weight excluding hydrogens is 214 g/mol. The van der Waals surface area contributed by atoms with Gasteiger partial charge in [-0.25, -0.2) is 0 Å².